The molecule has 3 saturated carbocycles. The summed E-state index contributed by atoms with van der Waals surface area (Å²) >= 11 is 0. The highest BCUT2D eigenvalue weighted by Gasteiger charge is 2.53. The van der Waals surface area contributed by atoms with Crippen LogP contribution >= 0.6 is 0 Å². The number of ether oxygens (including phenoxy) is 1. The van der Waals surface area contributed by atoms with E-state index < -0.39 is 0 Å². The fourth-order valence-corrected chi connectivity index (χ4v) is 5.99. The highest BCUT2D eigenvalue weighted by atomic mass is 16.5. The number of hydrogen-bond acceptors (Lipinski definition) is 4. The second-order valence-corrected chi connectivity index (χ2v) is 10.2. The van der Waals surface area contributed by atoms with Gasteiger partial charge in [0.1, 0.15) is 0 Å². The Hall–Kier alpha value is -2.14. The number of carbonyl (C=O) groups is 2. The average Bonchev–Trinajstić information content (AvgIpc) is 2.78. The van der Waals surface area contributed by atoms with Crippen LogP contribution in [-0.2, 0) is 16.1 Å². The van der Waals surface area contributed by atoms with E-state index in [0.29, 0.717) is 16.9 Å². The first-order valence-electron chi connectivity index (χ1n) is 11.7. The van der Waals surface area contributed by atoms with Crippen molar-refractivity contribution in [2.75, 3.05) is 26.7 Å². The van der Waals surface area contributed by atoms with Crippen LogP contribution in [0.15, 0.2) is 35.9 Å². The van der Waals surface area contributed by atoms with Crippen LogP contribution in [0.25, 0.3) is 0 Å². The number of amides is 1. The molecule has 1 amide bonds. The standard InChI is InChI=1S/C26H36N2O3/c1-26(2)22-8-7-21(23(26)15-22)16-27-24(29)14-18-9-11-28(12-10-18)17-19-5-4-6-20(13-19)25(30)31-3/h4-6,13-14,21-23H,7-12,15-17H2,1-3H3,(H,27,29)/t21-,22-,23-/m0/s1. The van der Waals surface area contributed by atoms with Crippen molar-refractivity contribution in [1.29, 1.82) is 0 Å². The smallest absolute Gasteiger partial charge is 0.337 e. The molecule has 5 rings (SSSR count). The van der Waals surface area contributed by atoms with Crippen molar-refractivity contribution in [3.8, 4) is 0 Å². The third kappa shape index (κ3) is 4.87. The first kappa shape index (κ1) is 22.1. The molecule has 1 saturated heterocycles. The van der Waals surface area contributed by atoms with Gasteiger partial charge in [0.25, 0.3) is 0 Å². The molecule has 1 N–H and O–H groups in total. The molecule has 0 spiro atoms. The SMILES string of the molecule is COC(=O)c1cccc(CN2CCC(=CC(=O)NC[C@@H]3CC[C@H]4C[C@@H]3C4(C)C)CC2)c1. The van der Waals surface area contributed by atoms with Crippen LogP contribution in [-0.4, -0.2) is 43.5 Å². The van der Waals surface area contributed by atoms with Gasteiger partial charge in [0, 0.05) is 32.3 Å². The lowest BCUT2D eigenvalue weighted by Crippen LogP contribution is -2.54. The number of fused-ring (bicyclic) bond motifs is 2. The number of rotatable bonds is 6. The molecular weight excluding hydrogens is 388 g/mol. The van der Waals surface area contributed by atoms with Crippen molar-refractivity contribution in [2.24, 2.45) is 23.2 Å². The Morgan fingerprint density at radius 2 is 2.00 bits per heavy atom. The van der Waals surface area contributed by atoms with Crippen molar-refractivity contribution < 1.29 is 14.3 Å². The Bertz CT molecular complexity index is 848. The zero-order chi connectivity index (χ0) is 22.0. The molecule has 0 unspecified atom stereocenters. The number of hydrogen-bond donors (Lipinski definition) is 1. The Morgan fingerprint density at radius 1 is 1.23 bits per heavy atom. The molecule has 0 radical (unpaired) electrons. The zero-order valence-corrected chi connectivity index (χ0v) is 19.2. The lowest BCUT2D eigenvalue weighted by molar-refractivity contribution is -0.120. The summed E-state index contributed by atoms with van der Waals surface area (Å²) in [7, 11) is 1.40. The van der Waals surface area contributed by atoms with Crippen molar-refractivity contribution in [1.82, 2.24) is 10.2 Å². The number of nitrogens with zero attached hydrogens (tertiary/aromatic N) is 1. The van der Waals surface area contributed by atoms with E-state index in [-0.39, 0.29) is 11.9 Å². The van der Waals surface area contributed by atoms with Gasteiger partial charge in [-0.1, -0.05) is 31.6 Å². The van der Waals surface area contributed by atoms with Gasteiger partial charge in [-0.3, -0.25) is 9.69 Å². The predicted octanol–water partition coefficient (Wildman–Crippen LogP) is 4.18. The third-order valence-electron chi connectivity index (χ3n) is 8.13. The lowest BCUT2D eigenvalue weighted by Gasteiger charge is -2.60. The molecule has 3 aliphatic carbocycles. The number of carbonyl (C=O) groups excluding carboxylic acids is 2. The quantitative estimate of drug-likeness (QED) is 0.550. The Kier molecular flexibility index (Phi) is 6.52. The summed E-state index contributed by atoms with van der Waals surface area (Å²) in [4.78, 5) is 26.6. The fraction of sp³-hybridized carbons (Fsp3) is 0.615. The third-order valence-corrected chi connectivity index (χ3v) is 8.13. The molecule has 31 heavy (non-hydrogen) atoms. The summed E-state index contributed by atoms with van der Waals surface area (Å²) in [6, 6.07) is 7.63. The van der Waals surface area contributed by atoms with Gasteiger partial charge in [0.15, 0.2) is 0 Å². The number of piperidine rings is 1. The van der Waals surface area contributed by atoms with Crippen LogP contribution < -0.4 is 5.32 Å². The van der Waals surface area contributed by atoms with E-state index in [9.17, 15) is 9.59 Å². The van der Waals surface area contributed by atoms with Crippen molar-refractivity contribution >= 4 is 11.9 Å². The first-order valence-corrected chi connectivity index (χ1v) is 11.7. The highest BCUT2D eigenvalue weighted by molar-refractivity contribution is 5.89. The first-order chi connectivity index (χ1) is 14.9. The second kappa shape index (κ2) is 9.15. The number of likely N-dealkylation sites (tertiary alicyclic amines) is 1. The summed E-state index contributed by atoms with van der Waals surface area (Å²) in [5, 5.41) is 3.19. The number of nitrogens with one attached hydrogen (secondary N) is 1. The minimum atomic E-state index is -0.300. The van der Waals surface area contributed by atoms with Crippen LogP contribution in [0, 0.1) is 23.2 Å². The fourth-order valence-electron chi connectivity index (χ4n) is 5.99. The number of esters is 1. The zero-order valence-electron chi connectivity index (χ0n) is 19.2. The molecule has 168 valence electrons. The normalized spacial score (nSPS) is 27.2. The molecule has 5 heteroatoms. The number of methoxy groups -OCH3 is 1. The maximum Gasteiger partial charge on any atom is 0.337 e. The molecule has 1 aromatic rings. The maximum absolute atomic E-state index is 12.5. The topological polar surface area (TPSA) is 58.6 Å². The molecule has 4 fully saturated rings. The van der Waals surface area contributed by atoms with Gasteiger partial charge in [-0.15, -0.1) is 0 Å². The van der Waals surface area contributed by atoms with Crippen LogP contribution in [0.4, 0.5) is 0 Å². The maximum atomic E-state index is 12.5. The van der Waals surface area contributed by atoms with Crippen molar-refractivity contribution in [3.05, 3.63) is 47.0 Å². The van der Waals surface area contributed by atoms with E-state index in [1.54, 1.807) is 6.07 Å². The summed E-state index contributed by atoms with van der Waals surface area (Å²) in [5.41, 5.74) is 3.41. The highest BCUT2D eigenvalue weighted by Crippen LogP contribution is 2.61. The monoisotopic (exact) mass is 424 g/mol. The van der Waals surface area contributed by atoms with Gasteiger partial charge in [0.2, 0.25) is 5.91 Å². The van der Waals surface area contributed by atoms with E-state index in [1.807, 2.05) is 24.3 Å². The molecular formula is C26H36N2O3. The summed E-state index contributed by atoms with van der Waals surface area (Å²) in [5.74, 6) is 2.10. The average molecular weight is 425 g/mol. The summed E-state index contributed by atoms with van der Waals surface area (Å²) in [6.45, 7) is 8.31. The van der Waals surface area contributed by atoms with E-state index in [4.69, 9.17) is 4.74 Å². The molecule has 3 atom stereocenters. The van der Waals surface area contributed by atoms with E-state index in [2.05, 4.69) is 24.1 Å². The van der Waals surface area contributed by atoms with E-state index >= 15 is 0 Å². The molecule has 4 aliphatic rings. The van der Waals surface area contributed by atoms with Crippen molar-refractivity contribution in [3.63, 3.8) is 0 Å². The molecule has 2 bridgehead atoms. The summed E-state index contributed by atoms with van der Waals surface area (Å²) in [6.07, 6.45) is 7.63. The van der Waals surface area contributed by atoms with Gasteiger partial charge in [-0.25, -0.2) is 4.79 Å². The van der Waals surface area contributed by atoms with E-state index in [1.165, 1.54) is 31.9 Å². The van der Waals surface area contributed by atoms with Crippen LogP contribution in [0.2, 0.25) is 0 Å². The Morgan fingerprint density at radius 3 is 2.68 bits per heavy atom. The predicted molar refractivity (Wildman–Crippen MR) is 121 cm³/mol. The van der Waals surface area contributed by atoms with Crippen LogP contribution in [0.1, 0.15) is 61.9 Å². The minimum Gasteiger partial charge on any atom is -0.465 e. The molecule has 0 aromatic heterocycles. The number of benzene rings is 1. The van der Waals surface area contributed by atoms with E-state index in [0.717, 1.165) is 56.4 Å². The molecule has 1 heterocycles. The van der Waals surface area contributed by atoms with Gasteiger partial charge in [-0.05, 0) is 73.0 Å². The van der Waals surface area contributed by atoms with Crippen LogP contribution in [0.3, 0.4) is 0 Å². The minimum absolute atomic E-state index is 0.0773. The largest absolute Gasteiger partial charge is 0.465 e. The van der Waals surface area contributed by atoms with Gasteiger partial charge in [-0.2, -0.15) is 0 Å². The Balaban J connectivity index is 1.22. The summed E-state index contributed by atoms with van der Waals surface area (Å²) < 4.78 is 4.81. The molecule has 1 aromatic carbocycles. The second-order valence-electron chi connectivity index (χ2n) is 10.2. The van der Waals surface area contributed by atoms with Crippen LogP contribution in [0.5, 0.6) is 0 Å². The Labute approximate surface area is 186 Å². The van der Waals surface area contributed by atoms with Crippen molar-refractivity contribution in [2.45, 2.75) is 52.5 Å². The van der Waals surface area contributed by atoms with Gasteiger partial charge >= 0.3 is 5.97 Å². The van der Waals surface area contributed by atoms with Gasteiger partial charge < -0.3 is 10.1 Å². The van der Waals surface area contributed by atoms with Gasteiger partial charge in [0.05, 0.1) is 12.7 Å². The molecule has 1 aliphatic heterocycles. The lowest BCUT2D eigenvalue weighted by atomic mass is 9.45. The molecule has 5 nitrogen and oxygen atoms in total.